The molecule has 7 nitrogen and oxygen atoms in total. The van der Waals surface area contributed by atoms with Crippen LogP contribution in [0.2, 0.25) is 0 Å². The largest absolute Gasteiger partial charge is 0.398 e. The molecule has 0 saturated carbocycles. The van der Waals surface area contributed by atoms with Gasteiger partial charge >= 0.3 is 0 Å². The molecule has 3 aromatic rings. The Balaban J connectivity index is 1.82. The van der Waals surface area contributed by atoms with Gasteiger partial charge in [-0.25, -0.2) is 4.98 Å². The van der Waals surface area contributed by atoms with Crippen molar-refractivity contribution in [1.29, 1.82) is 0 Å². The minimum absolute atomic E-state index is 0.612. The molecule has 102 valence electrons. The normalized spacial score (nSPS) is 10.8. The summed E-state index contributed by atoms with van der Waals surface area (Å²) in [6, 6.07) is 1.77. The van der Waals surface area contributed by atoms with Crippen LogP contribution in [-0.2, 0) is 13.0 Å². The minimum Gasteiger partial charge on any atom is -0.398 e. The fourth-order valence-electron chi connectivity index (χ4n) is 2.00. The number of aryl methyl sites for hydroxylation is 3. The van der Waals surface area contributed by atoms with E-state index in [2.05, 4.69) is 20.1 Å². The van der Waals surface area contributed by atoms with Crippen LogP contribution in [-0.4, -0.2) is 24.7 Å². The topological polar surface area (TPSA) is 95.7 Å². The number of hydrogen-bond donors (Lipinski definition) is 1. The molecule has 7 heteroatoms. The van der Waals surface area contributed by atoms with Crippen molar-refractivity contribution in [2.45, 2.75) is 19.9 Å². The van der Waals surface area contributed by atoms with Crippen LogP contribution in [0.25, 0.3) is 11.3 Å². The summed E-state index contributed by atoms with van der Waals surface area (Å²) in [6.07, 6.45) is 7.57. The van der Waals surface area contributed by atoms with Crippen LogP contribution in [0.3, 0.4) is 0 Å². The summed E-state index contributed by atoms with van der Waals surface area (Å²) in [5.74, 6) is 1.25. The van der Waals surface area contributed by atoms with Gasteiger partial charge in [0.05, 0.1) is 18.2 Å². The van der Waals surface area contributed by atoms with Gasteiger partial charge in [0.25, 0.3) is 0 Å². The summed E-state index contributed by atoms with van der Waals surface area (Å²) in [6.45, 7) is 2.48. The second-order valence-electron chi connectivity index (χ2n) is 4.42. The molecule has 0 unspecified atom stereocenters. The average Bonchev–Trinajstić information content (AvgIpc) is 3.06. The van der Waals surface area contributed by atoms with Gasteiger partial charge in [0.2, 0.25) is 5.89 Å². The van der Waals surface area contributed by atoms with Crippen molar-refractivity contribution in [1.82, 2.24) is 24.7 Å². The fourth-order valence-corrected chi connectivity index (χ4v) is 2.00. The van der Waals surface area contributed by atoms with Crippen molar-refractivity contribution < 1.29 is 4.52 Å². The highest BCUT2D eigenvalue weighted by atomic mass is 16.5. The number of hydrogen-bond acceptors (Lipinski definition) is 6. The molecule has 0 atom stereocenters. The second kappa shape index (κ2) is 5.12. The Morgan fingerprint density at radius 3 is 2.95 bits per heavy atom. The lowest BCUT2D eigenvalue weighted by atomic mass is 10.2. The predicted molar refractivity (Wildman–Crippen MR) is 72.6 cm³/mol. The quantitative estimate of drug-likeness (QED) is 0.771. The summed E-state index contributed by atoms with van der Waals surface area (Å²) in [4.78, 5) is 12.5. The van der Waals surface area contributed by atoms with Crippen LogP contribution in [0.5, 0.6) is 0 Å². The van der Waals surface area contributed by atoms with E-state index in [0.29, 0.717) is 30.4 Å². The molecule has 20 heavy (non-hydrogen) atoms. The van der Waals surface area contributed by atoms with Gasteiger partial charge in [-0.3, -0.25) is 4.98 Å². The molecule has 3 heterocycles. The Hall–Kier alpha value is -2.70. The molecule has 0 saturated heterocycles. The zero-order valence-electron chi connectivity index (χ0n) is 11.0. The van der Waals surface area contributed by atoms with Crippen LogP contribution < -0.4 is 5.73 Å². The van der Waals surface area contributed by atoms with Crippen molar-refractivity contribution in [2.24, 2.45) is 0 Å². The van der Waals surface area contributed by atoms with Crippen molar-refractivity contribution in [3.63, 3.8) is 0 Å². The smallest absolute Gasteiger partial charge is 0.228 e. The molecule has 3 aromatic heterocycles. The van der Waals surface area contributed by atoms with Crippen LogP contribution in [0.1, 0.15) is 11.7 Å². The van der Waals surface area contributed by atoms with E-state index in [1.807, 2.05) is 4.57 Å². The monoisotopic (exact) mass is 270 g/mol. The Morgan fingerprint density at radius 1 is 1.30 bits per heavy atom. The van der Waals surface area contributed by atoms with Crippen molar-refractivity contribution >= 4 is 5.69 Å². The van der Waals surface area contributed by atoms with E-state index in [1.165, 1.54) is 0 Å². The first-order valence-corrected chi connectivity index (χ1v) is 6.23. The maximum atomic E-state index is 5.97. The SMILES string of the molecule is Cc1noc(CCn2cncc2-c2cnccc2N)n1. The highest BCUT2D eigenvalue weighted by Gasteiger charge is 2.10. The second-order valence-corrected chi connectivity index (χ2v) is 4.42. The van der Waals surface area contributed by atoms with Crippen molar-refractivity contribution in [3.8, 4) is 11.3 Å². The molecule has 3 rings (SSSR count). The first kappa shape index (κ1) is 12.3. The lowest BCUT2D eigenvalue weighted by Crippen LogP contribution is -2.03. The Bertz CT molecular complexity index is 717. The molecule has 2 N–H and O–H groups in total. The molecule has 0 aliphatic carbocycles. The zero-order chi connectivity index (χ0) is 13.9. The summed E-state index contributed by atoms with van der Waals surface area (Å²) < 4.78 is 7.09. The van der Waals surface area contributed by atoms with Crippen LogP contribution >= 0.6 is 0 Å². The summed E-state index contributed by atoms with van der Waals surface area (Å²) in [7, 11) is 0. The standard InChI is InChI=1S/C13H14N6O/c1-9-17-13(20-18-9)3-5-19-8-16-7-12(19)10-6-15-4-2-11(10)14/h2,4,6-8H,3,5H2,1H3,(H2,14,15). The third-order valence-corrected chi connectivity index (χ3v) is 2.98. The molecular weight excluding hydrogens is 256 g/mol. The van der Waals surface area contributed by atoms with Gasteiger partial charge in [-0.05, 0) is 13.0 Å². The lowest BCUT2D eigenvalue weighted by molar-refractivity contribution is 0.368. The first-order valence-electron chi connectivity index (χ1n) is 6.23. The van der Waals surface area contributed by atoms with Gasteiger partial charge in [-0.2, -0.15) is 4.98 Å². The summed E-state index contributed by atoms with van der Waals surface area (Å²) in [5, 5.41) is 3.77. The average molecular weight is 270 g/mol. The van der Waals surface area contributed by atoms with E-state index in [4.69, 9.17) is 10.3 Å². The molecule has 0 aliphatic rings. The van der Waals surface area contributed by atoms with Gasteiger partial charge in [0.15, 0.2) is 5.82 Å². The molecule has 0 bridgehead atoms. The number of aromatic nitrogens is 5. The van der Waals surface area contributed by atoms with E-state index >= 15 is 0 Å². The maximum Gasteiger partial charge on any atom is 0.228 e. The summed E-state index contributed by atoms with van der Waals surface area (Å²) >= 11 is 0. The minimum atomic E-state index is 0.612. The molecule has 0 radical (unpaired) electrons. The molecule has 0 aliphatic heterocycles. The van der Waals surface area contributed by atoms with Crippen molar-refractivity contribution in [2.75, 3.05) is 5.73 Å². The zero-order valence-corrected chi connectivity index (χ0v) is 11.0. The van der Waals surface area contributed by atoms with E-state index in [9.17, 15) is 0 Å². The van der Waals surface area contributed by atoms with E-state index in [0.717, 1.165) is 11.3 Å². The van der Waals surface area contributed by atoms with Crippen LogP contribution in [0.4, 0.5) is 5.69 Å². The number of rotatable bonds is 4. The molecule has 0 amide bonds. The van der Waals surface area contributed by atoms with Crippen LogP contribution in [0, 0.1) is 6.92 Å². The Morgan fingerprint density at radius 2 is 2.20 bits per heavy atom. The third kappa shape index (κ3) is 2.37. The highest BCUT2D eigenvalue weighted by molar-refractivity contribution is 5.72. The Kier molecular flexibility index (Phi) is 3.16. The number of nitrogens with zero attached hydrogens (tertiary/aromatic N) is 5. The van der Waals surface area contributed by atoms with E-state index in [-0.39, 0.29) is 0 Å². The van der Waals surface area contributed by atoms with E-state index < -0.39 is 0 Å². The molecule has 0 spiro atoms. The van der Waals surface area contributed by atoms with Gasteiger partial charge in [-0.15, -0.1) is 0 Å². The Labute approximate surface area is 115 Å². The first-order chi connectivity index (χ1) is 9.74. The van der Waals surface area contributed by atoms with Crippen LogP contribution in [0.15, 0.2) is 35.5 Å². The number of anilines is 1. The highest BCUT2D eigenvalue weighted by Crippen LogP contribution is 2.24. The molecule has 0 fully saturated rings. The fraction of sp³-hybridized carbons (Fsp3) is 0.231. The van der Waals surface area contributed by atoms with E-state index in [1.54, 1.807) is 37.9 Å². The molecular formula is C13H14N6O. The van der Waals surface area contributed by atoms with Gasteiger partial charge in [0.1, 0.15) is 0 Å². The third-order valence-electron chi connectivity index (χ3n) is 2.98. The van der Waals surface area contributed by atoms with Gasteiger partial charge in [-0.1, -0.05) is 5.16 Å². The molecule has 0 aromatic carbocycles. The predicted octanol–water partition coefficient (Wildman–Crippen LogP) is 1.46. The lowest BCUT2D eigenvalue weighted by Gasteiger charge is -2.08. The number of pyridine rings is 1. The van der Waals surface area contributed by atoms with Gasteiger partial charge in [0, 0.05) is 36.6 Å². The maximum absolute atomic E-state index is 5.97. The number of nitrogen functional groups attached to an aromatic ring is 1. The number of imidazole rings is 1. The summed E-state index contributed by atoms with van der Waals surface area (Å²) in [5.41, 5.74) is 8.44. The van der Waals surface area contributed by atoms with Crippen molar-refractivity contribution in [3.05, 3.63) is 42.7 Å². The van der Waals surface area contributed by atoms with Gasteiger partial charge < -0.3 is 14.8 Å². The number of nitrogens with two attached hydrogens (primary N) is 1.